The zero-order chi connectivity index (χ0) is 10.9. The molecule has 0 bridgehead atoms. The van der Waals surface area contributed by atoms with Gasteiger partial charge < -0.3 is 0 Å². The van der Waals surface area contributed by atoms with Gasteiger partial charge in [0.25, 0.3) is 9.05 Å². The molecule has 0 atom stereocenters. The van der Waals surface area contributed by atoms with Crippen LogP contribution in [0.2, 0.25) is 0 Å². The van der Waals surface area contributed by atoms with Crippen LogP contribution >= 0.6 is 49.2 Å². The largest absolute Gasteiger partial charge is 0.263 e. The van der Waals surface area contributed by atoms with Crippen molar-refractivity contribution in [3.8, 4) is 6.07 Å². The van der Waals surface area contributed by atoms with E-state index in [2.05, 4.69) is 15.9 Å². The third-order valence-corrected chi connectivity index (χ3v) is 5.20. The van der Waals surface area contributed by atoms with Crippen molar-refractivity contribution in [1.82, 2.24) is 0 Å². The molecular weight excluding hydrogens is 404 g/mol. The molecule has 0 saturated heterocycles. The van der Waals surface area contributed by atoms with E-state index in [9.17, 15) is 8.42 Å². The summed E-state index contributed by atoms with van der Waals surface area (Å²) in [4.78, 5) is -0.0567. The van der Waals surface area contributed by atoms with Crippen molar-refractivity contribution in [3.05, 3.63) is 25.7 Å². The first kappa shape index (κ1) is 12.2. The van der Waals surface area contributed by atoms with Crippen LogP contribution in [0.4, 0.5) is 0 Å². The van der Waals surface area contributed by atoms with E-state index in [4.69, 9.17) is 15.9 Å². The number of hydrogen-bond acceptors (Lipinski definition) is 3. The second-order valence-corrected chi connectivity index (χ2v) is 6.72. The Hall–Kier alpha value is 0.160. The van der Waals surface area contributed by atoms with Crippen molar-refractivity contribution < 1.29 is 8.42 Å². The summed E-state index contributed by atoms with van der Waals surface area (Å²) in [5.74, 6) is 0. The number of benzene rings is 1. The lowest BCUT2D eigenvalue weighted by Crippen LogP contribution is -1.98. The number of nitrogens with zero attached hydrogens (tertiary/aromatic N) is 1. The first-order valence-corrected chi connectivity index (χ1v) is 7.39. The third kappa shape index (κ3) is 2.39. The molecular formula is C7H2BrClINO2S. The van der Waals surface area contributed by atoms with Gasteiger partial charge in [-0.15, -0.1) is 0 Å². The molecule has 0 saturated carbocycles. The van der Waals surface area contributed by atoms with Gasteiger partial charge >= 0.3 is 0 Å². The second-order valence-electron chi connectivity index (χ2n) is 2.29. The summed E-state index contributed by atoms with van der Waals surface area (Å²) in [7, 11) is 1.40. The smallest absolute Gasteiger partial charge is 0.207 e. The number of rotatable bonds is 1. The first-order chi connectivity index (χ1) is 6.38. The lowest BCUT2D eigenvalue weighted by Gasteiger charge is -2.04. The van der Waals surface area contributed by atoms with Crippen LogP contribution in [0.25, 0.3) is 0 Å². The Morgan fingerprint density at radius 3 is 2.50 bits per heavy atom. The van der Waals surface area contributed by atoms with E-state index in [1.54, 1.807) is 22.6 Å². The molecule has 14 heavy (non-hydrogen) atoms. The maximum absolute atomic E-state index is 11.2. The highest BCUT2D eigenvalue weighted by atomic mass is 127. The maximum atomic E-state index is 11.2. The number of halogens is 3. The van der Waals surface area contributed by atoms with Crippen LogP contribution in [0.15, 0.2) is 21.5 Å². The number of hydrogen-bond donors (Lipinski definition) is 0. The van der Waals surface area contributed by atoms with Gasteiger partial charge in [0.2, 0.25) is 0 Å². The summed E-state index contributed by atoms with van der Waals surface area (Å²) in [6.45, 7) is 0. The minimum atomic E-state index is -3.83. The molecule has 0 aliphatic heterocycles. The van der Waals surface area contributed by atoms with E-state index in [1.165, 1.54) is 12.1 Å². The SMILES string of the molecule is N#Cc1ccc(Br)c(S(=O)(=O)Cl)c1I. The van der Waals surface area contributed by atoms with Crippen LogP contribution in [-0.4, -0.2) is 8.42 Å². The van der Waals surface area contributed by atoms with Crippen molar-refractivity contribution in [2.24, 2.45) is 0 Å². The van der Waals surface area contributed by atoms with Gasteiger partial charge in [-0.25, -0.2) is 8.42 Å². The minimum absolute atomic E-state index is 0.0567. The highest BCUT2D eigenvalue weighted by Gasteiger charge is 2.20. The zero-order valence-electron chi connectivity index (χ0n) is 6.46. The summed E-state index contributed by atoms with van der Waals surface area (Å²) >= 11 is 4.84. The van der Waals surface area contributed by atoms with Gasteiger partial charge in [0.05, 0.1) is 9.13 Å². The highest BCUT2D eigenvalue weighted by Crippen LogP contribution is 2.31. The lowest BCUT2D eigenvalue weighted by atomic mass is 10.2. The standard InChI is InChI=1S/C7H2BrClINO2S/c8-5-2-1-4(3-11)6(10)7(5)14(9,12)13/h1-2H. The fourth-order valence-electron chi connectivity index (χ4n) is 0.842. The Morgan fingerprint density at radius 2 is 2.07 bits per heavy atom. The van der Waals surface area contributed by atoms with E-state index in [1.807, 2.05) is 6.07 Å². The summed E-state index contributed by atoms with van der Waals surface area (Å²) in [6, 6.07) is 4.89. The molecule has 0 radical (unpaired) electrons. The van der Waals surface area contributed by atoms with Crippen molar-refractivity contribution in [2.75, 3.05) is 0 Å². The Bertz CT molecular complexity index is 523. The molecule has 1 aromatic carbocycles. The molecule has 0 aliphatic carbocycles. The summed E-state index contributed by atoms with van der Waals surface area (Å²) in [5.41, 5.74) is 0.285. The minimum Gasteiger partial charge on any atom is -0.207 e. The monoisotopic (exact) mass is 405 g/mol. The molecule has 74 valence electrons. The molecule has 7 heteroatoms. The molecule has 1 rings (SSSR count). The molecule has 0 amide bonds. The van der Waals surface area contributed by atoms with Crippen LogP contribution in [0.1, 0.15) is 5.56 Å². The summed E-state index contributed by atoms with van der Waals surface area (Å²) < 4.78 is 23.0. The third-order valence-electron chi connectivity index (χ3n) is 1.41. The van der Waals surface area contributed by atoms with Crippen molar-refractivity contribution in [2.45, 2.75) is 4.90 Å². The fraction of sp³-hybridized carbons (Fsp3) is 0. The lowest BCUT2D eigenvalue weighted by molar-refractivity contribution is 0.608. The molecule has 3 nitrogen and oxygen atoms in total. The zero-order valence-corrected chi connectivity index (χ0v) is 11.8. The molecule has 1 aromatic rings. The van der Waals surface area contributed by atoms with Crippen LogP contribution in [0.5, 0.6) is 0 Å². The average molecular weight is 406 g/mol. The first-order valence-electron chi connectivity index (χ1n) is 3.20. The maximum Gasteiger partial charge on any atom is 0.263 e. The topological polar surface area (TPSA) is 57.9 Å². The van der Waals surface area contributed by atoms with Gasteiger partial charge in [0.15, 0.2) is 0 Å². The molecule has 0 N–H and O–H groups in total. The van der Waals surface area contributed by atoms with Crippen molar-refractivity contribution >= 4 is 58.3 Å². The predicted molar refractivity (Wildman–Crippen MR) is 64.6 cm³/mol. The van der Waals surface area contributed by atoms with E-state index >= 15 is 0 Å². The van der Waals surface area contributed by atoms with Crippen LogP contribution < -0.4 is 0 Å². The Labute approximate surface area is 108 Å². The van der Waals surface area contributed by atoms with Gasteiger partial charge in [-0.1, -0.05) is 0 Å². The van der Waals surface area contributed by atoms with Crippen molar-refractivity contribution in [1.29, 1.82) is 5.26 Å². The van der Waals surface area contributed by atoms with Crippen LogP contribution in [0, 0.1) is 14.9 Å². The molecule has 0 fully saturated rings. The highest BCUT2D eigenvalue weighted by molar-refractivity contribution is 14.1. The van der Waals surface area contributed by atoms with Crippen LogP contribution in [-0.2, 0) is 9.05 Å². The van der Waals surface area contributed by atoms with Crippen LogP contribution in [0.3, 0.4) is 0 Å². The normalized spacial score (nSPS) is 11.0. The molecule has 0 spiro atoms. The predicted octanol–water partition coefficient (Wildman–Crippen LogP) is 2.85. The fourth-order valence-corrected chi connectivity index (χ4v) is 5.42. The molecule has 0 aromatic heterocycles. The van der Waals surface area contributed by atoms with Gasteiger partial charge in [-0.3, -0.25) is 0 Å². The van der Waals surface area contributed by atoms with Gasteiger partial charge in [0, 0.05) is 15.2 Å². The molecule has 0 unspecified atom stereocenters. The van der Waals surface area contributed by atoms with Gasteiger partial charge in [-0.2, -0.15) is 5.26 Å². The Kier molecular flexibility index (Phi) is 3.80. The van der Waals surface area contributed by atoms with E-state index in [0.717, 1.165) is 0 Å². The number of nitriles is 1. The average Bonchev–Trinajstić information content (AvgIpc) is 2.02. The van der Waals surface area contributed by atoms with E-state index in [-0.39, 0.29) is 10.5 Å². The summed E-state index contributed by atoms with van der Waals surface area (Å²) in [6.07, 6.45) is 0. The van der Waals surface area contributed by atoms with Gasteiger partial charge in [-0.05, 0) is 50.7 Å². The molecule has 0 aliphatic rings. The summed E-state index contributed by atoms with van der Waals surface area (Å²) in [5, 5.41) is 8.69. The Balaban J connectivity index is 3.68. The van der Waals surface area contributed by atoms with Gasteiger partial charge in [0.1, 0.15) is 11.0 Å². The van der Waals surface area contributed by atoms with E-state index in [0.29, 0.717) is 8.04 Å². The second kappa shape index (κ2) is 4.35. The molecule has 0 heterocycles. The van der Waals surface area contributed by atoms with E-state index < -0.39 is 9.05 Å². The quantitative estimate of drug-likeness (QED) is 0.532. The van der Waals surface area contributed by atoms with Crippen molar-refractivity contribution in [3.63, 3.8) is 0 Å². The Morgan fingerprint density at radius 1 is 1.50 bits per heavy atom.